The van der Waals surface area contributed by atoms with E-state index in [-0.39, 0.29) is 5.91 Å². The highest BCUT2D eigenvalue weighted by Gasteiger charge is 2.27. The number of rotatable bonds is 7. The number of hydrogen-bond acceptors (Lipinski definition) is 9. The standard InChI is InChI=1S/C31H31N5O5S2/c1-17-8-10-18(11-9-17)27-26(29(37)32-2)21-14-20(23(15-24(21)41-27)36(3)43(5,38)39)19-13-22(30(40-4)34-16-19)31-35-28-25(42-31)7-6-12-33-28/h8-11,13-16,33H,6-7,12H2,1-5H3,(H,32,37). The molecule has 3 aromatic heterocycles. The number of amides is 1. The van der Waals surface area contributed by atoms with Gasteiger partial charge in [0.1, 0.15) is 22.2 Å². The molecule has 10 nitrogen and oxygen atoms in total. The van der Waals surface area contributed by atoms with Crippen molar-refractivity contribution < 1.29 is 22.4 Å². The summed E-state index contributed by atoms with van der Waals surface area (Å²) in [5, 5.41) is 7.37. The topological polar surface area (TPSA) is 127 Å². The number of furan rings is 1. The van der Waals surface area contributed by atoms with Crippen molar-refractivity contribution in [1.29, 1.82) is 0 Å². The minimum absolute atomic E-state index is 0.320. The van der Waals surface area contributed by atoms with Crippen molar-refractivity contribution in [2.45, 2.75) is 19.8 Å². The Morgan fingerprint density at radius 2 is 1.91 bits per heavy atom. The largest absolute Gasteiger partial charge is 0.480 e. The predicted octanol–water partition coefficient (Wildman–Crippen LogP) is 5.72. The van der Waals surface area contributed by atoms with E-state index in [4.69, 9.17) is 14.1 Å². The lowest BCUT2D eigenvalue weighted by molar-refractivity contribution is 0.0964. The van der Waals surface area contributed by atoms with Crippen molar-refractivity contribution in [2.75, 3.05) is 43.6 Å². The third kappa shape index (κ3) is 5.21. The molecule has 0 spiro atoms. The molecular weight excluding hydrogens is 587 g/mol. The number of fused-ring (bicyclic) bond motifs is 2. The second kappa shape index (κ2) is 11.0. The van der Waals surface area contributed by atoms with Gasteiger partial charge in [0.05, 0.1) is 30.2 Å². The van der Waals surface area contributed by atoms with Crippen molar-refractivity contribution >= 4 is 49.7 Å². The molecular formula is C31H31N5O5S2. The van der Waals surface area contributed by atoms with E-state index in [0.717, 1.165) is 47.6 Å². The first-order valence-electron chi connectivity index (χ1n) is 13.7. The zero-order valence-corrected chi connectivity index (χ0v) is 26.1. The van der Waals surface area contributed by atoms with Crippen LogP contribution in [0.25, 0.3) is 44.0 Å². The van der Waals surface area contributed by atoms with Gasteiger partial charge in [0.2, 0.25) is 15.9 Å². The number of aromatic nitrogens is 2. The van der Waals surface area contributed by atoms with E-state index >= 15 is 0 Å². The van der Waals surface area contributed by atoms with Crippen LogP contribution in [0.5, 0.6) is 5.88 Å². The Labute approximate surface area is 253 Å². The third-order valence-corrected chi connectivity index (χ3v) is 9.91. The molecule has 12 heteroatoms. The highest BCUT2D eigenvalue weighted by Crippen LogP contribution is 2.44. The maximum Gasteiger partial charge on any atom is 0.255 e. The van der Waals surface area contributed by atoms with E-state index in [1.54, 1.807) is 43.8 Å². The van der Waals surface area contributed by atoms with Crippen molar-refractivity contribution in [3.8, 4) is 38.9 Å². The Bertz CT molecular complexity index is 1960. The van der Waals surface area contributed by atoms with E-state index in [1.807, 2.05) is 37.3 Å². The molecule has 6 rings (SSSR count). The Balaban J connectivity index is 1.61. The van der Waals surface area contributed by atoms with Gasteiger partial charge in [0, 0.05) is 59.9 Å². The van der Waals surface area contributed by atoms with Crippen LogP contribution < -0.4 is 19.7 Å². The predicted molar refractivity (Wildman–Crippen MR) is 171 cm³/mol. The molecule has 0 saturated heterocycles. The van der Waals surface area contributed by atoms with Gasteiger partial charge in [-0.3, -0.25) is 9.10 Å². The van der Waals surface area contributed by atoms with E-state index in [9.17, 15) is 13.2 Å². The zero-order valence-electron chi connectivity index (χ0n) is 24.4. The fourth-order valence-corrected chi connectivity index (χ4v) is 6.80. The number of hydrogen-bond donors (Lipinski definition) is 2. The van der Waals surface area contributed by atoms with E-state index < -0.39 is 10.0 Å². The molecule has 0 unspecified atom stereocenters. The van der Waals surface area contributed by atoms with Crippen LogP contribution >= 0.6 is 11.3 Å². The average molecular weight is 618 g/mol. The number of anilines is 2. The Kier molecular flexibility index (Phi) is 7.35. The molecule has 2 N–H and O–H groups in total. The second-order valence-corrected chi connectivity index (χ2v) is 13.5. The lowest BCUT2D eigenvalue weighted by Gasteiger charge is -2.21. The maximum absolute atomic E-state index is 13.3. The van der Waals surface area contributed by atoms with E-state index in [2.05, 4.69) is 15.6 Å². The summed E-state index contributed by atoms with van der Waals surface area (Å²) in [6.45, 7) is 2.85. The monoisotopic (exact) mass is 617 g/mol. The van der Waals surface area contributed by atoms with Gasteiger partial charge < -0.3 is 19.8 Å². The summed E-state index contributed by atoms with van der Waals surface area (Å²) in [4.78, 5) is 23.8. The number of nitrogens with zero attached hydrogens (tertiary/aromatic N) is 3. The van der Waals surface area contributed by atoms with Crippen molar-refractivity contribution in [1.82, 2.24) is 15.3 Å². The van der Waals surface area contributed by atoms with Crippen LogP contribution in [0, 0.1) is 6.92 Å². The number of benzene rings is 2. The summed E-state index contributed by atoms with van der Waals surface area (Å²) < 4.78 is 38.7. The molecule has 4 heterocycles. The molecule has 1 aliphatic heterocycles. The number of carbonyl (C=O) groups is 1. The lowest BCUT2D eigenvalue weighted by Crippen LogP contribution is -2.25. The number of pyridine rings is 1. The first kappa shape index (κ1) is 28.7. The molecule has 0 bridgehead atoms. The van der Waals surface area contributed by atoms with Gasteiger partial charge >= 0.3 is 0 Å². The summed E-state index contributed by atoms with van der Waals surface area (Å²) >= 11 is 1.58. The number of sulfonamides is 1. The Morgan fingerprint density at radius 1 is 1.14 bits per heavy atom. The van der Waals surface area contributed by atoms with E-state index in [1.165, 1.54) is 16.2 Å². The molecule has 5 aromatic rings. The summed E-state index contributed by atoms with van der Waals surface area (Å²) in [7, 11) is 0.943. The molecule has 1 amide bonds. The molecule has 43 heavy (non-hydrogen) atoms. The van der Waals surface area contributed by atoms with Crippen LogP contribution in [-0.4, -0.2) is 58.3 Å². The highest BCUT2D eigenvalue weighted by molar-refractivity contribution is 7.92. The summed E-state index contributed by atoms with van der Waals surface area (Å²) in [5.74, 6) is 1.35. The van der Waals surface area contributed by atoms with Gasteiger partial charge in [-0.1, -0.05) is 29.8 Å². The van der Waals surface area contributed by atoms with Gasteiger partial charge in [-0.2, -0.15) is 0 Å². The third-order valence-electron chi connectivity index (χ3n) is 7.57. The van der Waals surface area contributed by atoms with Gasteiger partial charge in [-0.05, 0) is 31.9 Å². The summed E-state index contributed by atoms with van der Waals surface area (Å²) in [5.41, 5.74) is 4.78. The van der Waals surface area contributed by atoms with Gasteiger partial charge in [0.25, 0.3) is 5.91 Å². The highest BCUT2D eigenvalue weighted by atomic mass is 32.2. The van der Waals surface area contributed by atoms with Crippen LogP contribution in [0.15, 0.2) is 53.1 Å². The number of ether oxygens (including phenoxy) is 1. The zero-order chi connectivity index (χ0) is 30.5. The normalized spacial score (nSPS) is 13.0. The van der Waals surface area contributed by atoms with Crippen LogP contribution in [0.1, 0.15) is 27.2 Å². The quantitative estimate of drug-likeness (QED) is 0.238. The molecule has 0 saturated carbocycles. The smallest absolute Gasteiger partial charge is 0.255 e. The van der Waals surface area contributed by atoms with Crippen molar-refractivity contribution in [2.24, 2.45) is 0 Å². The van der Waals surface area contributed by atoms with E-state index in [0.29, 0.717) is 50.6 Å². The minimum atomic E-state index is -3.66. The van der Waals surface area contributed by atoms with Gasteiger partial charge in [0.15, 0.2) is 0 Å². The number of methoxy groups -OCH3 is 1. The first-order chi connectivity index (χ1) is 20.6. The van der Waals surface area contributed by atoms with Gasteiger partial charge in [-0.15, -0.1) is 11.3 Å². The van der Waals surface area contributed by atoms with Crippen LogP contribution in [-0.2, 0) is 16.4 Å². The molecule has 0 atom stereocenters. The Hall–Kier alpha value is -4.42. The summed E-state index contributed by atoms with van der Waals surface area (Å²) in [6.07, 6.45) is 4.76. The number of carbonyl (C=O) groups excluding carboxylic acids is 1. The van der Waals surface area contributed by atoms with Crippen molar-refractivity contribution in [3.05, 3.63) is 64.7 Å². The average Bonchev–Trinajstić information content (AvgIpc) is 3.61. The maximum atomic E-state index is 13.3. The molecule has 0 aliphatic carbocycles. The fourth-order valence-electron chi connectivity index (χ4n) is 5.21. The molecule has 1 aliphatic rings. The molecule has 222 valence electrons. The fraction of sp³-hybridized carbons (Fsp3) is 0.258. The van der Waals surface area contributed by atoms with Crippen LogP contribution in [0.3, 0.4) is 0 Å². The second-order valence-electron chi connectivity index (χ2n) is 10.4. The Morgan fingerprint density at radius 3 is 2.58 bits per heavy atom. The first-order valence-corrected chi connectivity index (χ1v) is 16.4. The van der Waals surface area contributed by atoms with Gasteiger partial charge in [-0.25, -0.2) is 18.4 Å². The summed E-state index contributed by atoms with van der Waals surface area (Å²) in [6, 6.07) is 13.0. The number of nitrogens with one attached hydrogen (secondary N) is 2. The van der Waals surface area contributed by atoms with Crippen LogP contribution in [0.4, 0.5) is 11.5 Å². The molecule has 2 aromatic carbocycles. The number of aryl methyl sites for hydroxylation is 2. The minimum Gasteiger partial charge on any atom is -0.480 e. The lowest BCUT2D eigenvalue weighted by atomic mass is 9.98. The number of thiazole rings is 1. The molecule has 0 radical (unpaired) electrons. The van der Waals surface area contributed by atoms with Crippen LogP contribution in [0.2, 0.25) is 0 Å². The molecule has 0 fully saturated rings. The van der Waals surface area contributed by atoms with Crippen molar-refractivity contribution in [3.63, 3.8) is 0 Å². The SMILES string of the molecule is CNC(=O)c1c(-c2ccc(C)cc2)oc2cc(N(C)S(C)(=O)=O)c(-c3cnc(OC)c(-c4nc5c(s4)CCCN5)c3)cc12.